The summed E-state index contributed by atoms with van der Waals surface area (Å²) in [5.74, 6) is 0.421. The monoisotopic (exact) mass is 200 g/mol. The Morgan fingerprint density at radius 2 is 2.20 bits per heavy atom. The number of nitriles is 1. The Labute approximate surface area is 91.1 Å². The molecule has 1 aliphatic rings. The first-order chi connectivity index (χ1) is 7.27. The molecule has 0 spiro atoms. The second-order valence-corrected chi connectivity index (χ2v) is 4.17. The highest BCUT2D eigenvalue weighted by atomic mass is 15.2. The van der Waals surface area contributed by atoms with E-state index in [1.807, 2.05) is 6.07 Å². The Bertz CT molecular complexity index is 392. The average molecular weight is 200 g/mol. The lowest BCUT2D eigenvalue weighted by atomic mass is 9.87. The highest BCUT2D eigenvalue weighted by Gasteiger charge is 2.30. The number of benzene rings is 1. The Morgan fingerprint density at radius 3 is 2.87 bits per heavy atom. The predicted octanol–water partition coefficient (Wildman–Crippen LogP) is 2.60. The Hall–Kier alpha value is -1.49. The number of fused-ring (bicyclic) bond motifs is 1. The minimum atomic E-state index is 0.0323. The molecule has 2 nitrogen and oxygen atoms in total. The summed E-state index contributed by atoms with van der Waals surface area (Å²) < 4.78 is 0. The lowest BCUT2D eigenvalue weighted by Gasteiger charge is -2.38. The SMILES string of the molecule is CCN1c2ccccc2C[C@H](C)[C@H]1C#N. The first kappa shape index (κ1) is 10.0. The van der Waals surface area contributed by atoms with Gasteiger partial charge < -0.3 is 4.90 Å². The van der Waals surface area contributed by atoms with Crippen LogP contribution >= 0.6 is 0 Å². The summed E-state index contributed by atoms with van der Waals surface area (Å²) in [5.41, 5.74) is 2.61. The molecule has 0 unspecified atom stereocenters. The number of hydrogen-bond acceptors (Lipinski definition) is 2. The number of hydrogen-bond donors (Lipinski definition) is 0. The van der Waals surface area contributed by atoms with Gasteiger partial charge in [-0.3, -0.25) is 0 Å². The molecule has 0 aliphatic carbocycles. The van der Waals surface area contributed by atoms with Gasteiger partial charge in [0.15, 0.2) is 0 Å². The molecule has 15 heavy (non-hydrogen) atoms. The van der Waals surface area contributed by atoms with Gasteiger partial charge in [-0.05, 0) is 30.9 Å². The van der Waals surface area contributed by atoms with Gasteiger partial charge in [-0.15, -0.1) is 0 Å². The molecule has 0 bridgehead atoms. The maximum Gasteiger partial charge on any atom is 0.119 e. The molecule has 0 radical (unpaired) electrons. The zero-order valence-electron chi connectivity index (χ0n) is 9.27. The zero-order chi connectivity index (χ0) is 10.8. The third kappa shape index (κ3) is 1.59. The molecule has 0 fully saturated rings. The van der Waals surface area contributed by atoms with E-state index in [1.54, 1.807) is 0 Å². The fraction of sp³-hybridized carbons (Fsp3) is 0.462. The molecule has 2 atom stereocenters. The average Bonchev–Trinajstić information content (AvgIpc) is 2.27. The van der Waals surface area contributed by atoms with Gasteiger partial charge in [0.2, 0.25) is 0 Å². The Morgan fingerprint density at radius 1 is 1.47 bits per heavy atom. The fourth-order valence-electron chi connectivity index (χ4n) is 2.44. The summed E-state index contributed by atoms with van der Waals surface area (Å²) >= 11 is 0. The van der Waals surface area contributed by atoms with Gasteiger partial charge in [0.05, 0.1) is 6.07 Å². The third-order valence-corrected chi connectivity index (χ3v) is 3.19. The van der Waals surface area contributed by atoms with Crippen LogP contribution in [0.25, 0.3) is 0 Å². The van der Waals surface area contributed by atoms with Crippen molar-refractivity contribution >= 4 is 5.69 Å². The molecule has 78 valence electrons. The van der Waals surface area contributed by atoms with Crippen LogP contribution in [0.5, 0.6) is 0 Å². The molecule has 1 aliphatic heterocycles. The summed E-state index contributed by atoms with van der Waals surface area (Å²) in [4.78, 5) is 2.21. The maximum atomic E-state index is 9.20. The highest BCUT2D eigenvalue weighted by Crippen LogP contribution is 2.32. The van der Waals surface area contributed by atoms with Crippen molar-refractivity contribution in [2.24, 2.45) is 5.92 Å². The van der Waals surface area contributed by atoms with E-state index in [-0.39, 0.29) is 6.04 Å². The summed E-state index contributed by atoms with van der Waals surface area (Å²) in [6.45, 7) is 5.17. The summed E-state index contributed by atoms with van der Waals surface area (Å²) in [7, 11) is 0. The van der Waals surface area contributed by atoms with Crippen molar-refractivity contribution in [1.29, 1.82) is 5.26 Å². The maximum absolute atomic E-state index is 9.20. The van der Waals surface area contributed by atoms with Crippen molar-refractivity contribution in [3.05, 3.63) is 29.8 Å². The van der Waals surface area contributed by atoms with E-state index in [1.165, 1.54) is 11.3 Å². The lowest BCUT2D eigenvalue weighted by Crippen LogP contribution is -2.43. The topological polar surface area (TPSA) is 27.0 Å². The van der Waals surface area contributed by atoms with Gasteiger partial charge >= 0.3 is 0 Å². The molecule has 0 N–H and O–H groups in total. The quantitative estimate of drug-likeness (QED) is 0.696. The van der Waals surface area contributed by atoms with Crippen LogP contribution in [-0.4, -0.2) is 12.6 Å². The highest BCUT2D eigenvalue weighted by molar-refractivity contribution is 5.58. The van der Waals surface area contributed by atoms with Crippen LogP contribution in [0, 0.1) is 17.2 Å². The van der Waals surface area contributed by atoms with E-state index >= 15 is 0 Å². The normalized spacial score (nSPS) is 24.5. The van der Waals surface area contributed by atoms with Crippen molar-refractivity contribution in [3.8, 4) is 6.07 Å². The molecule has 1 aromatic carbocycles. The summed E-state index contributed by atoms with van der Waals surface area (Å²) in [6.07, 6.45) is 1.02. The minimum absolute atomic E-state index is 0.0323. The fourth-order valence-corrected chi connectivity index (χ4v) is 2.44. The molecule has 0 saturated carbocycles. The molecule has 1 aromatic rings. The van der Waals surface area contributed by atoms with Gasteiger partial charge in [0, 0.05) is 12.2 Å². The van der Waals surface area contributed by atoms with E-state index in [0.717, 1.165) is 13.0 Å². The molecule has 2 rings (SSSR count). The van der Waals surface area contributed by atoms with Crippen LogP contribution in [0.1, 0.15) is 19.4 Å². The van der Waals surface area contributed by atoms with E-state index < -0.39 is 0 Å². The first-order valence-electron chi connectivity index (χ1n) is 5.52. The Balaban J connectivity index is 2.45. The van der Waals surface area contributed by atoms with Crippen molar-refractivity contribution in [3.63, 3.8) is 0 Å². The molecular formula is C13H16N2. The molecule has 0 aromatic heterocycles. The summed E-state index contributed by atoms with van der Waals surface area (Å²) in [6, 6.07) is 10.9. The second-order valence-electron chi connectivity index (χ2n) is 4.17. The van der Waals surface area contributed by atoms with Gasteiger partial charge in [0.1, 0.15) is 6.04 Å². The molecule has 0 amide bonds. The van der Waals surface area contributed by atoms with Gasteiger partial charge in [-0.2, -0.15) is 5.26 Å². The standard InChI is InChI=1S/C13H16N2/c1-3-15-12-7-5-4-6-11(12)8-10(2)13(15)9-14/h4-7,10,13H,3,8H2,1-2H3/t10-,13+/m0/s1. The predicted molar refractivity (Wildman–Crippen MR) is 61.7 cm³/mol. The molecular weight excluding hydrogens is 184 g/mol. The van der Waals surface area contributed by atoms with Crippen molar-refractivity contribution in [2.75, 3.05) is 11.4 Å². The molecule has 0 saturated heterocycles. The van der Waals surface area contributed by atoms with Crippen molar-refractivity contribution in [2.45, 2.75) is 26.3 Å². The van der Waals surface area contributed by atoms with Crippen LogP contribution in [0.4, 0.5) is 5.69 Å². The Kier molecular flexibility index (Phi) is 2.64. The number of anilines is 1. The number of nitrogens with zero attached hydrogens (tertiary/aromatic N) is 2. The largest absolute Gasteiger partial charge is 0.356 e. The van der Waals surface area contributed by atoms with E-state index in [2.05, 4.69) is 43.0 Å². The van der Waals surface area contributed by atoms with Crippen LogP contribution in [0.2, 0.25) is 0 Å². The van der Waals surface area contributed by atoms with Gasteiger partial charge in [0.25, 0.3) is 0 Å². The smallest absolute Gasteiger partial charge is 0.119 e. The van der Waals surface area contributed by atoms with Crippen LogP contribution in [-0.2, 0) is 6.42 Å². The molecule has 2 heteroatoms. The number of para-hydroxylation sites is 1. The lowest BCUT2D eigenvalue weighted by molar-refractivity contribution is 0.470. The number of rotatable bonds is 1. The van der Waals surface area contributed by atoms with Gasteiger partial charge in [-0.1, -0.05) is 25.1 Å². The first-order valence-corrected chi connectivity index (χ1v) is 5.52. The van der Waals surface area contributed by atoms with E-state index in [0.29, 0.717) is 5.92 Å². The van der Waals surface area contributed by atoms with E-state index in [9.17, 15) is 5.26 Å². The molecule has 1 heterocycles. The second kappa shape index (κ2) is 3.94. The van der Waals surface area contributed by atoms with Crippen LogP contribution in [0.15, 0.2) is 24.3 Å². The minimum Gasteiger partial charge on any atom is -0.356 e. The van der Waals surface area contributed by atoms with Crippen molar-refractivity contribution in [1.82, 2.24) is 0 Å². The van der Waals surface area contributed by atoms with Gasteiger partial charge in [-0.25, -0.2) is 0 Å². The van der Waals surface area contributed by atoms with Crippen LogP contribution < -0.4 is 4.90 Å². The van der Waals surface area contributed by atoms with E-state index in [4.69, 9.17) is 0 Å². The van der Waals surface area contributed by atoms with Crippen LogP contribution in [0.3, 0.4) is 0 Å². The zero-order valence-corrected chi connectivity index (χ0v) is 9.27. The van der Waals surface area contributed by atoms with Crippen molar-refractivity contribution < 1.29 is 0 Å². The summed E-state index contributed by atoms with van der Waals surface area (Å²) in [5, 5.41) is 9.20. The third-order valence-electron chi connectivity index (χ3n) is 3.19.